The molecule has 37 heavy (non-hydrogen) atoms. The number of hydrogen-bond donors (Lipinski definition) is 1. The maximum absolute atomic E-state index is 12.3. The van der Waals surface area contributed by atoms with Gasteiger partial charge in [0.2, 0.25) is 5.91 Å². The summed E-state index contributed by atoms with van der Waals surface area (Å²) in [6, 6.07) is 17.4. The number of aromatic nitrogens is 4. The van der Waals surface area contributed by atoms with E-state index in [0.717, 1.165) is 42.9 Å². The van der Waals surface area contributed by atoms with Crippen molar-refractivity contribution in [1.82, 2.24) is 24.6 Å². The van der Waals surface area contributed by atoms with E-state index in [1.807, 2.05) is 64.2 Å². The van der Waals surface area contributed by atoms with E-state index in [-0.39, 0.29) is 11.9 Å². The predicted molar refractivity (Wildman–Crippen MR) is 140 cm³/mol. The van der Waals surface area contributed by atoms with Crippen molar-refractivity contribution in [3.8, 4) is 22.8 Å². The second kappa shape index (κ2) is 9.33. The number of para-hydroxylation sites is 1. The number of nitrogens with two attached hydrogens (primary N) is 1. The van der Waals surface area contributed by atoms with Crippen LogP contribution >= 0.6 is 0 Å². The summed E-state index contributed by atoms with van der Waals surface area (Å²) in [4.78, 5) is 22.9. The number of likely N-dealkylation sites (tertiary alicyclic amines) is 1. The molecule has 2 aromatic heterocycles. The third kappa shape index (κ3) is 4.31. The van der Waals surface area contributed by atoms with Crippen molar-refractivity contribution in [2.24, 2.45) is 0 Å². The lowest BCUT2D eigenvalue weighted by atomic mass is 9.88. The maximum atomic E-state index is 12.3. The van der Waals surface area contributed by atoms with Gasteiger partial charge in [0, 0.05) is 18.5 Å². The Balaban J connectivity index is 1.30. The molecule has 2 unspecified atom stereocenters. The first kappa shape index (κ1) is 23.2. The van der Waals surface area contributed by atoms with Gasteiger partial charge in [0.05, 0.1) is 30.2 Å². The van der Waals surface area contributed by atoms with Crippen LogP contribution < -0.4 is 10.5 Å². The lowest BCUT2D eigenvalue weighted by Gasteiger charge is -2.39. The molecule has 2 atom stereocenters. The van der Waals surface area contributed by atoms with Crippen molar-refractivity contribution in [1.29, 1.82) is 0 Å². The molecule has 4 aromatic rings. The van der Waals surface area contributed by atoms with Crippen molar-refractivity contribution in [2.75, 3.05) is 25.4 Å². The topological polar surface area (TPSA) is 108 Å². The number of rotatable bonds is 5. The largest absolute Gasteiger partial charge is 0.457 e. The smallest absolute Gasteiger partial charge is 0.246 e. The summed E-state index contributed by atoms with van der Waals surface area (Å²) in [5.74, 6) is 1.82. The Hall–Kier alpha value is -4.24. The number of hydrogen-bond acceptors (Lipinski definition) is 7. The Labute approximate surface area is 214 Å². The van der Waals surface area contributed by atoms with Crippen LogP contribution in [0.4, 0.5) is 5.82 Å². The third-order valence-electron chi connectivity index (χ3n) is 7.19. The highest BCUT2D eigenvalue weighted by Crippen LogP contribution is 2.42. The van der Waals surface area contributed by atoms with Gasteiger partial charge in [-0.1, -0.05) is 24.8 Å². The highest BCUT2D eigenvalue weighted by molar-refractivity contribution is 5.98. The van der Waals surface area contributed by atoms with Crippen LogP contribution in [-0.4, -0.2) is 55.9 Å². The Kier molecular flexibility index (Phi) is 5.84. The van der Waals surface area contributed by atoms with E-state index >= 15 is 0 Å². The summed E-state index contributed by atoms with van der Waals surface area (Å²) < 4.78 is 14.2. The number of carbonyl (C=O) groups is 1. The van der Waals surface area contributed by atoms with E-state index in [2.05, 4.69) is 16.5 Å². The van der Waals surface area contributed by atoms with E-state index in [1.54, 1.807) is 0 Å². The summed E-state index contributed by atoms with van der Waals surface area (Å²) in [6.07, 6.45) is 5.36. The fraction of sp³-hybridized carbons (Fsp3) is 0.286. The van der Waals surface area contributed by atoms with Gasteiger partial charge in [-0.15, -0.1) is 0 Å². The van der Waals surface area contributed by atoms with Crippen LogP contribution in [0.3, 0.4) is 0 Å². The minimum atomic E-state index is -0.394. The van der Waals surface area contributed by atoms with Crippen LogP contribution in [0.5, 0.6) is 11.5 Å². The molecule has 2 aliphatic heterocycles. The van der Waals surface area contributed by atoms with Gasteiger partial charge in [-0.2, -0.15) is 5.10 Å². The predicted octanol–water partition coefficient (Wildman–Crippen LogP) is 4.38. The minimum Gasteiger partial charge on any atom is -0.457 e. The van der Waals surface area contributed by atoms with Crippen LogP contribution in [-0.2, 0) is 9.53 Å². The molecule has 2 fully saturated rings. The van der Waals surface area contributed by atoms with Gasteiger partial charge in [0.25, 0.3) is 0 Å². The number of piperidine rings is 1. The summed E-state index contributed by atoms with van der Waals surface area (Å²) in [7, 11) is 0. The monoisotopic (exact) mass is 496 g/mol. The fourth-order valence-electron chi connectivity index (χ4n) is 5.43. The van der Waals surface area contributed by atoms with Crippen molar-refractivity contribution in [2.45, 2.75) is 30.9 Å². The molecule has 0 aliphatic carbocycles. The zero-order valence-electron chi connectivity index (χ0n) is 20.4. The number of nitrogens with zero attached hydrogens (tertiary/aromatic N) is 5. The van der Waals surface area contributed by atoms with Crippen LogP contribution in [0.1, 0.15) is 25.3 Å². The quantitative estimate of drug-likeness (QED) is 0.409. The fourth-order valence-corrected chi connectivity index (χ4v) is 5.43. The molecule has 6 rings (SSSR count). The number of benzene rings is 2. The number of ether oxygens (including phenoxy) is 2. The van der Waals surface area contributed by atoms with E-state index in [9.17, 15) is 4.79 Å². The number of nitrogen functional groups attached to an aromatic ring is 1. The van der Waals surface area contributed by atoms with Gasteiger partial charge in [0.1, 0.15) is 29.3 Å². The Bertz CT molecular complexity index is 1450. The zero-order valence-corrected chi connectivity index (χ0v) is 20.4. The average Bonchev–Trinajstić information content (AvgIpc) is 3.52. The average molecular weight is 497 g/mol. The first-order valence-electron chi connectivity index (χ1n) is 12.4. The second-order valence-electron chi connectivity index (χ2n) is 9.61. The van der Waals surface area contributed by atoms with Crippen molar-refractivity contribution in [3.05, 3.63) is 73.6 Å². The molecule has 9 heteroatoms. The SMILES string of the molecule is C=CC(=O)N1CCCC2(CC(n3nc(-c4ccc(Oc5ccccc5)cc4)c4c(N)ncnc43)CO2)C1. The molecular formula is C28H28N6O3. The summed E-state index contributed by atoms with van der Waals surface area (Å²) in [5.41, 5.74) is 8.21. The summed E-state index contributed by atoms with van der Waals surface area (Å²) in [6.45, 7) is 5.40. The molecule has 0 bridgehead atoms. The molecule has 1 spiro atoms. The molecule has 0 radical (unpaired) electrons. The normalized spacial score (nSPS) is 21.4. The Morgan fingerprint density at radius 3 is 2.70 bits per heavy atom. The number of carbonyl (C=O) groups excluding carboxylic acids is 1. The summed E-state index contributed by atoms with van der Waals surface area (Å²) in [5, 5.41) is 5.70. The lowest BCUT2D eigenvalue weighted by Crippen LogP contribution is -2.49. The summed E-state index contributed by atoms with van der Waals surface area (Å²) >= 11 is 0. The molecule has 1 amide bonds. The van der Waals surface area contributed by atoms with Gasteiger partial charge in [-0.05, 0) is 55.3 Å². The molecule has 2 saturated heterocycles. The molecular weight excluding hydrogens is 468 g/mol. The number of fused-ring (bicyclic) bond motifs is 1. The Morgan fingerprint density at radius 2 is 1.92 bits per heavy atom. The van der Waals surface area contributed by atoms with Crippen molar-refractivity contribution < 1.29 is 14.3 Å². The van der Waals surface area contributed by atoms with Gasteiger partial charge in [-0.3, -0.25) is 4.79 Å². The molecule has 2 N–H and O–H groups in total. The van der Waals surface area contributed by atoms with E-state index in [0.29, 0.717) is 35.7 Å². The molecule has 4 heterocycles. The third-order valence-corrected chi connectivity index (χ3v) is 7.19. The first-order chi connectivity index (χ1) is 18.0. The molecule has 2 aliphatic rings. The zero-order chi connectivity index (χ0) is 25.4. The molecule has 188 valence electrons. The first-order valence-corrected chi connectivity index (χ1v) is 12.4. The highest BCUT2D eigenvalue weighted by Gasteiger charge is 2.45. The van der Waals surface area contributed by atoms with Gasteiger partial charge < -0.3 is 20.1 Å². The van der Waals surface area contributed by atoms with Gasteiger partial charge in [-0.25, -0.2) is 14.6 Å². The lowest BCUT2D eigenvalue weighted by molar-refractivity contribution is -0.133. The van der Waals surface area contributed by atoms with Crippen molar-refractivity contribution >= 4 is 22.8 Å². The minimum absolute atomic E-state index is 0.0370. The highest BCUT2D eigenvalue weighted by atomic mass is 16.5. The molecule has 0 saturated carbocycles. The van der Waals surface area contributed by atoms with Crippen LogP contribution in [0, 0.1) is 0 Å². The number of anilines is 1. The standard InChI is InChI=1S/C28H28N6O3/c1-2-23(35)33-14-6-13-28(17-33)15-20(16-36-28)34-27-24(26(29)30-18-31-27)25(32-34)19-9-11-22(12-10-19)37-21-7-4-3-5-8-21/h2-5,7-12,18,20H,1,6,13-17H2,(H2,29,30,31). The number of amides is 1. The molecule has 9 nitrogen and oxygen atoms in total. The molecule has 2 aromatic carbocycles. The van der Waals surface area contributed by atoms with Crippen molar-refractivity contribution in [3.63, 3.8) is 0 Å². The van der Waals surface area contributed by atoms with Crippen LogP contribution in [0.2, 0.25) is 0 Å². The van der Waals surface area contributed by atoms with E-state index in [4.69, 9.17) is 20.3 Å². The van der Waals surface area contributed by atoms with Gasteiger partial charge in [0.15, 0.2) is 5.65 Å². The van der Waals surface area contributed by atoms with Crippen LogP contribution in [0.25, 0.3) is 22.3 Å². The van der Waals surface area contributed by atoms with Gasteiger partial charge >= 0.3 is 0 Å². The maximum Gasteiger partial charge on any atom is 0.246 e. The van der Waals surface area contributed by atoms with Crippen LogP contribution in [0.15, 0.2) is 73.6 Å². The van der Waals surface area contributed by atoms with E-state index < -0.39 is 5.60 Å². The second-order valence-corrected chi connectivity index (χ2v) is 9.61. The van der Waals surface area contributed by atoms with E-state index in [1.165, 1.54) is 12.4 Å². The Morgan fingerprint density at radius 1 is 1.14 bits per heavy atom.